The number of rotatable bonds is 8. The number of benzene rings is 2. The first-order valence-electron chi connectivity index (χ1n) is 9.20. The third-order valence-electron chi connectivity index (χ3n) is 4.50. The monoisotopic (exact) mass is 477 g/mol. The summed E-state index contributed by atoms with van der Waals surface area (Å²) in [6.45, 7) is 0.606. The number of hydrogen-bond acceptors (Lipinski definition) is 6. The van der Waals surface area contributed by atoms with Crippen molar-refractivity contribution >= 4 is 32.9 Å². The molecular formula is C21H17F2N3O2S3. The van der Waals surface area contributed by atoms with Gasteiger partial charge in [-0.1, -0.05) is 60.3 Å². The first kappa shape index (κ1) is 21.7. The summed E-state index contributed by atoms with van der Waals surface area (Å²) in [5.74, 6) is -2.16. The molecule has 0 spiro atoms. The minimum atomic E-state index is -4.59. The Balaban J connectivity index is 1.56. The number of sulfone groups is 1. The molecule has 2 heterocycles. The molecule has 31 heavy (non-hydrogen) atoms. The summed E-state index contributed by atoms with van der Waals surface area (Å²) in [5, 5.41) is 11.4. The molecule has 0 aliphatic carbocycles. The van der Waals surface area contributed by atoms with Crippen molar-refractivity contribution in [2.75, 3.05) is 0 Å². The average Bonchev–Trinajstić information content (AvgIpc) is 3.43. The highest BCUT2D eigenvalue weighted by atomic mass is 32.2. The molecule has 4 aromatic rings. The van der Waals surface area contributed by atoms with E-state index in [1.807, 2.05) is 52.4 Å². The van der Waals surface area contributed by atoms with Crippen LogP contribution >= 0.6 is 23.1 Å². The Morgan fingerprint density at radius 2 is 1.68 bits per heavy atom. The second-order valence-corrected chi connectivity index (χ2v) is 10.4. The number of thioether (sulfide) groups is 1. The molecule has 0 unspecified atom stereocenters. The van der Waals surface area contributed by atoms with Crippen molar-refractivity contribution in [3.8, 4) is 10.7 Å². The van der Waals surface area contributed by atoms with Gasteiger partial charge in [-0.15, -0.1) is 21.5 Å². The lowest BCUT2D eigenvalue weighted by Gasteiger charge is -2.10. The number of nitrogens with zero attached hydrogens (tertiary/aromatic N) is 3. The highest BCUT2D eigenvalue weighted by Crippen LogP contribution is 2.30. The Hall–Kier alpha value is -2.56. The zero-order valence-corrected chi connectivity index (χ0v) is 18.5. The normalized spacial score (nSPS) is 11.8. The van der Waals surface area contributed by atoms with Crippen molar-refractivity contribution in [3.63, 3.8) is 0 Å². The summed E-state index contributed by atoms with van der Waals surface area (Å²) >= 11 is 3.04. The van der Waals surface area contributed by atoms with E-state index in [1.165, 1.54) is 23.9 Å². The molecular weight excluding hydrogens is 460 g/mol. The Morgan fingerprint density at radius 3 is 2.32 bits per heavy atom. The molecule has 0 aliphatic rings. The highest BCUT2D eigenvalue weighted by Gasteiger charge is 2.26. The lowest BCUT2D eigenvalue weighted by Crippen LogP contribution is -2.11. The predicted octanol–water partition coefficient (Wildman–Crippen LogP) is 5.34. The standard InChI is InChI=1S/C21H17F2N3O2S3/c22-20(23)31(27,28)17-10-8-16(9-11-17)14-30-21-25-24-19(18-7-4-12-29-18)26(21)13-15-5-2-1-3-6-15/h1-12,20H,13-14H2. The highest BCUT2D eigenvalue weighted by molar-refractivity contribution is 7.98. The average molecular weight is 478 g/mol. The summed E-state index contributed by atoms with van der Waals surface area (Å²) < 4.78 is 50.6. The van der Waals surface area contributed by atoms with Gasteiger partial charge in [0, 0.05) is 5.75 Å². The van der Waals surface area contributed by atoms with Gasteiger partial charge in [0.2, 0.25) is 9.84 Å². The fourth-order valence-corrected chi connectivity index (χ4v) is 5.25. The van der Waals surface area contributed by atoms with E-state index in [0.717, 1.165) is 27.0 Å². The molecule has 0 atom stereocenters. The topological polar surface area (TPSA) is 64.8 Å². The van der Waals surface area contributed by atoms with E-state index in [9.17, 15) is 17.2 Å². The molecule has 0 radical (unpaired) electrons. The minimum absolute atomic E-state index is 0.386. The van der Waals surface area contributed by atoms with Gasteiger partial charge in [-0.25, -0.2) is 8.42 Å². The van der Waals surface area contributed by atoms with E-state index in [0.29, 0.717) is 12.3 Å². The van der Waals surface area contributed by atoms with Crippen LogP contribution in [0.1, 0.15) is 11.1 Å². The van der Waals surface area contributed by atoms with Gasteiger partial charge in [-0.3, -0.25) is 4.57 Å². The molecule has 0 amide bonds. The molecule has 5 nitrogen and oxygen atoms in total. The number of alkyl halides is 2. The van der Waals surface area contributed by atoms with Crippen LogP contribution in [0, 0.1) is 0 Å². The van der Waals surface area contributed by atoms with E-state index in [1.54, 1.807) is 23.5 Å². The fraction of sp³-hybridized carbons (Fsp3) is 0.143. The molecule has 4 rings (SSSR count). The molecule has 0 aliphatic heterocycles. The summed E-state index contributed by atoms with van der Waals surface area (Å²) in [6, 6.07) is 19.5. The number of hydrogen-bond donors (Lipinski definition) is 0. The van der Waals surface area contributed by atoms with Crippen LogP contribution in [0.4, 0.5) is 8.78 Å². The van der Waals surface area contributed by atoms with Crippen LogP contribution in [0.15, 0.2) is 82.2 Å². The quantitative estimate of drug-likeness (QED) is 0.320. The Labute approximate surface area is 186 Å². The van der Waals surface area contributed by atoms with Gasteiger partial charge in [0.1, 0.15) is 0 Å². The maximum Gasteiger partial charge on any atom is 0.341 e. The first-order chi connectivity index (χ1) is 14.9. The maximum absolute atomic E-state index is 12.7. The smallest absolute Gasteiger partial charge is 0.297 e. The van der Waals surface area contributed by atoms with Crippen LogP contribution in [0.3, 0.4) is 0 Å². The largest absolute Gasteiger partial charge is 0.341 e. The third-order valence-corrected chi connectivity index (χ3v) is 7.80. The van der Waals surface area contributed by atoms with Crippen molar-refractivity contribution < 1.29 is 17.2 Å². The summed E-state index contributed by atoms with van der Waals surface area (Å²) in [5.41, 5.74) is 1.91. The van der Waals surface area contributed by atoms with Gasteiger partial charge in [0.15, 0.2) is 11.0 Å². The number of aromatic nitrogens is 3. The van der Waals surface area contributed by atoms with Gasteiger partial charge in [-0.2, -0.15) is 8.78 Å². The van der Waals surface area contributed by atoms with E-state index >= 15 is 0 Å². The fourth-order valence-electron chi connectivity index (χ4n) is 2.92. The van der Waals surface area contributed by atoms with E-state index in [4.69, 9.17) is 0 Å². The van der Waals surface area contributed by atoms with E-state index < -0.39 is 15.6 Å². The van der Waals surface area contributed by atoms with Gasteiger partial charge in [0.05, 0.1) is 16.3 Å². The van der Waals surface area contributed by atoms with Gasteiger partial charge in [0.25, 0.3) is 0 Å². The van der Waals surface area contributed by atoms with Crippen molar-refractivity contribution in [1.82, 2.24) is 14.8 Å². The Bertz CT molecular complexity index is 1240. The van der Waals surface area contributed by atoms with E-state index in [-0.39, 0.29) is 4.90 Å². The molecule has 2 aromatic heterocycles. The van der Waals surface area contributed by atoms with Crippen LogP contribution in [0.2, 0.25) is 0 Å². The maximum atomic E-state index is 12.7. The Kier molecular flexibility index (Phi) is 6.49. The molecule has 0 N–H and O–H groups in total. The van der Waals surface area contributed by atoms with Crippen molar-refractivity contribution in [1.29, 1.82) is 0 Å². The molecule has 0 bridgehead atoms. The second kappa shape index (κ2) is 9.29. The summed E-state index contributed by atoms with van der Waals surface area (Å²) in [4.78, 5) is 0.625. The zero-order valence-electron chi connectivity index (χ0n) is 16.1. The summed E-state index contributed by atoms with van der Waals surface area (Å²) in [6.07, 6.45) is 0. The second-order valence-electron chi connectivity index (χ2n) is 6.59. The Morgan fingerprint density at radius 1 is 0.935 bits per heavy atom. The zero-order chi connectivity index (χ0) is 21.8. The van der Waals surface area contributed by atoms with E-state index in [2.05, 4.69) is 10.2 Å². The lowest BCUT2D eigenvalue weighted by atomic mass is 10.2. The van der Waals surface area contributed by atoms with Gasteiger partial charge < -0.3 is 0 Å². The van der Waals surface area contributed by atoms with Crippen LogP contribution in [-0.4, -0.2) is 28.9 Å². The lowest BCUT2D eigenvalue weighted by molar-refractivity contribution is 0.234. The molecule has 10 heteroatoms. The van der Waals surface area contributed by atoms with Crippen LogP contribution in [0.5, 0.6) is 0 Å². The molecule has 2 aromatic carbocycles. The van der Waals surface area contributed by atoms with Crippen molar-refractivity contribution in [2.24, 2.45) is 0 Å². The molecule has 0 saturated carbocycles. The summed E-state index contributed by atoms with van der Waals surface area (Å²) in [7, 11) is -4.59. The minimum Gasteiger partial charge on any atom is -0.297 e. The SMILES string of the molecule is O=S(=O)(c1ccc(CSc2nnc(-c3cccs3)n2Cc2ccccc2)cc1)C(F)F. The number of halogens is 2. The predicted molar refractivity (Wildman–Crippen MR) is 118 cm³/mol. The van der Waals surface area contributed by atoms with Crippen LogP contribution in [0.25, 0.3) is 10.7 Å². The molecule has 0 fully saturated rings. The van der Waals surface area contributed by atoms with Crippen LogP contribution in [-0.2, 0) is 22.1 Å². The van der Waals surface area contributed by atoms with Crippen molar-refractivity contribution in [3.05, 3.63) is 83.2 Å². The van der Waals surface area contributed by atoms with Crippen LogP contribution < -0.4 is 0 Å². The third kappa shape index (κ3) is 4.86. The molecule has 160 valence electrons. The first-order valence-corrected chi connectivity index (χ1v) is 12.6. The van der Waals surface area contributed by atoms with Crippen molar-refractivity contribution in [2.45, 2.75) is 28.1 Å². The van der Waals surface area contributed by atoms with Gasteiger partial charge in [-0.05, 0) is 34.7 Å². The van der Waals surface area contributed by atoms with Gasteiger partial charge >= 0.3 is 5.76 Å². The number of thiophene rings is 1. The molecule has 0 saturated heterocycles.